The smallest absolute Gasteiger partial charge is 0.135 e. The van der Waals surface area contributed by atoms with Gasteiger partial charge < -0.3 is 14.3 Å². The van der Waals surface area contributed by atoms with Gasteiger partial charge in [-0.1, -0.05) is 127 Å². The summed E-state index contributed by atoms with van der Waals surface area (Å²) in [7, 11) is 0. The second-order valence-electron chi connectivity index (χ2n) is 13.8. The number of rotatable bonds is 5. The van der Waals surface area contributed by atoms with Gasteiger partial charge in [-0.15, -0.1) is 0 Å². The molecule has 53 heavy (non-hydrogen) atoms. The van der Waals surface area contributed by atoms with E-state index in [1.807, 2.05) is 12.1 Å². The van der Waals surface area contributed by atoms with Gasteiger partial charge >= 0.3 is 0 Å². The summed E-state index contributed by atoms with van der Waals surface area (Å²) in [5.74, 6) is 0. The molecule has 11 rings (SSSR count). The van der Waals surface area contributed by atoms with Crippen molar-refractivity contribution in [1.82, 2.24) is 4.57 Å². The highest BCUT2D eigenvalue weighted by atomic mass is 16.3. The molecule has 0 unspecified atom stereocenters. The van der Waals surface area contributed by atoms with Crippen molar-refractivity contribution in [2.45, 2.75) is 0 Å². The molecule has 11 aromatic rings. The largest absolute Gasteiger partial charge is 0.456 e. The van der Waals surface area contributed by atoms with Crippen molar-refractivity contribution in [2.75, 3.05) is 5.32 Å². The van der Waals surface area contributed by atoms with Crippen molar-refractivity contribution in [3.63, 3.8) is 0 Å². The minimum absolute atomic E-state index is 0.891. The molecular formula is C50H32N2O. The van der Waals surface area contributed by atoms with Crippen LogP contribution in [0.2, 0.25) is 0 Å². The number of aromatic nitrogens is 1. The van der Waals surface area contributed by atoms with E-state index in [-0.39, 0.29) is 0 Å². The van der Waals surface area contributed by atoms with E-state index in [0.29, 0.717) is 0 Å². The number of fused-ring (bicyclic) bond motifs is 8. The molecule has 3 heteroatoms. The highest BCUT2D eigenvalue weighted by Gasteiger charge is 2.17. The summed E-state index contributed by atoms with van der Waals surface area (Å²) < 4.78 is 8.65. The Bertz CT molecular complexity index is 3210. The molecule has 0 amide bonds. The third kappa shape index (κ3) is 4.75. The molecule has 0 saturated heterocycles. The first-order valence-corrected chi connectivity index (χ1v) is 18.1. The molecule has 0 radical (unpaired) electrons. The summed E-state index contributed by atoms with van der Waals surface area (Å²) in [5, 5.41) is 13.4. The molecule has 3 nitrogen and oxygen atoms in total. The first-order valence-electron chi connectivity index (χ1n) is 18.1. The fourth-order valence-corrected chi connectivity index (χ4v) is 8.26. The van der Waals surface area contributed by atoms with E-state index in [1.165, 1.54) is 54.6 Å². The first kappa shape index (κ1) is 29.6. The van der Waals surface area contributed by atoms with Gasteiger partial charge in [-0.25, -0.2) is 0 Å². The number of hydrogen-bond acceptors (Lipinski definition) is 2. The average Bonchev–Trinajstić information content (AvgIpc) is 3.76. The van der Waals surface area contributed by atoms with Gasteiger partial charge in [0.1, 0.15) is 11.2 Å². The molecule has 0 atom stereocenters. The van der Waals surface area contributed by atoms with Gasteiger partial charge in [0.25, 0.3) is 0 Å². The van der Waals surface area contributed by atoms with Crippen molar-refractivity contribution >= 4 is 76.7 Å². The van der Waals surface area contributed by atoms with Crippen LogP contribution < -0.4 is 5.32 Å². The van der Waals surface area contributed by atoms with Crippen LogP contribution in [-0.2, 0) is 0 Å². The normalized spacial score (nSPS) is 11.8. The number of nitrogens with zero attached hydrogens (tertiary/aromatic N) is 1. The Morgan fingerprint density at radius 2 is 0.962 bits per heavy atom. The number of furan rings is 1. The predicted molar refractivity (Wildman–Crippen MR) is 224 cm³/mol. The van der Waals surface area contributed by atoms with Gasteiger partial charge in [0.2, 0.25) is 0 Å². The Kier molecular flexibility index (Phi) is 6.55. The Hall–Kier alpha value is -7.10. The van der Waals surface area contributed by atoms with Gasteiger partial charge in [0.15, 0.2) is 0 Å². The Labute approximate surface area is 306 Å². The van der Waals surface area contributed by atoms with E-state index in [1.54, 1.807) is 0 Å². The topological polar surface area (TPSA) is 30.1 Å². The standard InChI is InChI=1S/C50H32N2O/c1-3-15-37-32(11-1)13-9-19-44(37)51-45-26-23-34(29-41(45)36-25-28-50-43(31-36)40-18-6-8-22-49(40)53-50)35-24-27-48-42(30-35)39-17-5-7-20-47(39)52(48)46-21-10-14-33-12-2-4-16-38(33)46/h1-31,51H. The predicted octanol–water partition coefficient (Wildman–Crippen LogP) is 14.1. The minimum Gasteiger partial charge on any atom is -0.456 e. The molecule has 9 aromatic carbocycles. The van der Waals surface area contributed by atoms with Crippen LogP contribution in [0, 0.1) is 0 Å². The number of para-hydroxylation sites is 2. The van der Waals surface area contributed by atoms with Crippen molar-refractivity contribution in [2.24, 2.45) is 0 Å². The summed E-state index contributed by atoms with van der Waals surface area (Å²) in [6, 6.07) is 67.5. The van der Waals surface area contributed by atoms with E-state index >= 15 is 0 Å². The lowest BCUT2D eigenvalue weighted by Gasteiger charge is -2.16. The summed E-state index contributed by atoms with van der Waals surface area (Å²) in [6.07, 6.45) is 0. The maximum Gasteiger partial charge on any atom is 0.135 e. The molecule has 0 aliphatic carbocycles. The first-order chi connectivity index (χ1) is 26.3. The zero-order chi connectivity index (χ0) is 34.9. The lowest BCUT2D eigenvalue weighted by atomic mass is 9.95. The number of anilines is 2. The zero-order valence-corrected chi connectivity index (χ0v) is 28.8. The van der Waals surface area contributed by atoms with Crippen LogP contribution in [0.25, 0.3) is 93.2 Å². The van der Waals surface area contributed by atoms with Crippen molar-refractivity contribution in [3.8, 4) is 27.9 Å². The lowest BCUT2D eigenvalue weighted by molar-refractivity contribution is 0.669. The number of nitrogens with one attached hydrogen (secondary N) is 1. The molecule has 2 heterocycles. The fraction of sp³-hybridized carbons (Fsp3) is 0. The molecule has 248 valence electrons. The van der Waals surface area contributed by atoms with Gasteiger partial charge in [0.05, 0.1) is 16.7 Å². The Morgan fingerprint density at radius 3 is 1.85 bits per heavy atom. The monoisotopic (exact) mass is 676 g/mol. The lowest BCUT2D eigenvalue weighted by Crippen LogP contribution is -1.96. The number of benzene rings is 9. The molecule has 0 saturated carbocycles. The summed E-state index contributed by atoms with van der Waals surface area (Å²) in [4.78, 5) is 0. The van der Waals surface area contributed by atoms with Gasteiger partial charge in [-0.05, 0) is 88.1 Å². The third-order valence-electron chi connectivity index (χ3n) is 10.8. The third-order valence-corrected chi connectivity index (χ3v) is 10.8. The highest BCUT2D eigenvalue weighted by Crippen LogP contribution is 2.41. The Morgan fingerprint density at radius 1 is 0.358 bits per heavy atom. The number of hydrogen-bond donors (Lipinski definition) is 1. The summed E-state index contributed by atoms with van der Waals surface area (Å²) in [5.41, 5.74) is 12.1. The van der Waals surface area contributed by atoms with Crippen molar-refractivity contribution in [1.29, 1.82) is 0 Å². The van der Waals surface area contributed by atoms with Crippen LogP contribution in [0.4, 0.5) is 11.4 Å². The van der Waals surface area contributed by atoms with Gasteiger partial charge in [0, 0.05) is 49.3 Å². The van der Waals surface area contributed by atoms with Crippen LogP contribution in [-0.4, -0.2) is 4.57 Å². The van der Waals surface area contributed by atoms with Crippen molar-refractivity contribution in [3.05, 3.63) is 188 Å². The van der Waals surface area contributed by atoms with E-state index in [4.69, 9.17) is 4.42 Å². The SMILES string of the molecule is c1ccc2c(Nc3ccc(-c4ccc5c(c4)c4ccccc4n5-c4cccc5ccccc45)cc3-c3ccc4oc5ccccc5c4c3)cccc2c1. The maximum atomic E-state index is 6.23. The van der Waals surface area contributed by atoms with Gasteiger partial charge in [-0.3, -0.25) is 0 Å². The van der Waals surface area contributed by atoms with Crippen LogP contribution in [0.1, 0.15) is 0 Å². The molecule has 2 aromatic heterocycles. The van der Waals surface area contributed by atoms with Crippen LogP contribution in [0.3, 0.4) is 0 Å². The van der Waals surface area contributed by atoms with Gasteiger partial charge in [-0.2, -0.15) is 0 Å². The van der Waals surface area contributed by atoms with E-state index in [2.05, 4.69) is 186 Å². The molecule has 0 aliphatic heterocycles. The van der Waals surface area contributed by atoms with Crippen LogP contribution in [0.15, 0.2) is 192 Å². The molecular weight excluding hydrogens is 645 g/mol. The molecule has 0 spiro atoms. The second-order valence-corrected chi connectivity index (χ2v) is 13.8. The van der Waals surface area contributed by atoms with Crippen LogP contribution >= 0.6 is 0 Å². The van der Waals surface area contributed by atoms with E-state index in [9.17, 15) is 0 Å². The highest BCUT2D eigenvalue weighted by molar-refractivity contribution is 6.12. The average molecular weight is 677 g/mol. The Balaban J connectivity index is 1.10. The van der Waals surface area contributed by atoms with Crippen LogP contribution in [0.5, 0.6) is 0 Å². The van der Waals surface area contributed by atoms with E-state index in [0.717, 1.165) is 50.0 Å². The molecule has 0 fully saturated rings. The van der Waals surface area contributed by atoms with E-state index < -0.39 is 0 Å². The summed E-state index contributed by atoms with van der Waals surface area (Å²) in [6.45, 7) is 0. The fourth-order valence-electron chi connectivity index (χ4n) is 8.26. The molecule has 1 N–H and O–H groups in total. The maximum absolute atomic E-state index is 6.23. The summed E-state index contributed by atoms with van der Waals surface area (Å²) >= 11 is 0. The molecule has 0 bridgehead atoms. The quantitative estimate of drug-likeness (QED) is 0.197. The zero-order valence-electron chi connectivity index (χ0n) is 28.8. The minimum atomic E-state index is 0.891. The molecule has 0 aliphatic rings. The second kappa shape index (κ2) is 11.7. The van der Waals surface area contributed by atoms with Crippen molar-refractivity contribution < 1.29 is 4.42 Å².